The van der Waals surface area contributed by atoms with Gasteiger partial charge < -0.3 is 14.7 Å². The number of amides is 1. The van der Waals surface area contributed by atoms with Crippen molar-refractivity contribution in [2.45, 2.75) is 25.3 Å². The Kier molecular flexibility index (Phi) is 3.75. The normalized spacial score (nSPS) is 22.7. The fraction of sp³-hybridized carbons (Fsp3) is 0.409. The molecule has 1 amide bonds. The molecule has 4 heteroatoms. The van der Waals surface area contributed by atoms with Crippen LogP contribution < -0.4 is 9.80 Å². The van der Waals surface area contributed by atoms with Crippen LogP contribution in [0.15, 0.2) is 42.5 Å². The highest BCUT2D eigenvalue weighted by atomic mass is 16.1. The van der Waals surface area contributed by atoms with Gasteiger partial charge in [-0.25, -0.2) is 0 Å². The molecule has 3 heterocycles. The average molecular weight is 347 g/mol. The number of benzene rings is 2. The number of para-hydroxylation sites is 3. The summed E-state index contributed by atoms with van der Waals surface area (Å²) in [4.78, 5) is 19.2. The molecule has 0 saturated carbocycles. The minimum absolute atomic E-state index is 0.125. The monoisotopic (exact) mass is 347 g/mol. The maximum Gasteiger partial charge on any atom is 0.214 e. The van der Waals surface area contributed by atoms with Crippen molar-refractivity contribution in [1.82, 2.24) is 4.90 Å². The Hall–Kier alpha value is -2.33. The second-order valence-electron chi connectivity index (χ2n) is 7.84. The Morgan fingerprint density at radius 1 is 0.962 bits per heavy atom. The van der Waals surface area contributed by atoms with E-state index >= 15 is 0 Å². The molecule has 0 spiro atoms. The highest BCUT2D eigenvalue weighted by Gasteiger charge is 2.39. The van der Waals surface area contributed by atoms with Crippen molar-refractivity contribution in [1.29, 1.82) is 0 Å². The molecule has 1 fully saturated rings. The van der Waals surface area contributed by atoms with Gasteiger partial charge in [-0.2, -0.15) is 0 Å². The number of piperidine rings is 1. The highest BCUT2D eigenvalue weighted by Crippen LogP contribution is 2.51. The number of nitrogens with zero attached hydrogens (tertiary/aromatic N) is 3. The molecule has 5 rings (SSSR count). The van der Waals surface area contributed by atoms with E-state index in [0.717, 1.165) is 51.0 Å². The lowest BCUT2D eigenvalue weighted by atomic mass is 9.83. The first kappa shape index (κ1) is 15.9. The van der Waals surface area contributed by atoms with E-state index in [1.54, 1.807) is 0 Å². The second kappa shape index (κ2) is 6.13. The topological polar surface area (TPSA) is 26.8 Å². The molecule has 3 aliphatic rings. The number of fused-ring (bicyclic) bond motifs is 2. The first-order chi connectivity index (χ1) is 12.8. The molecule has 0 bridgehead atoms. The lowest BCUT2D eigenvalue weighted by molar-refractivity contribution is -0.108. The van der Waals surface area contributed by atoms with E-state index in [4.69, 9.17) is 0 Å². The van der Waals surface area contributed by atoms with Crippen molar-refractivity contribution in [2.75, 3.05) is 36.5 Å². The maximum atomic E-state index is 12.3. The van der Waals surface area contributed by atoms with Crippen molar-refractivity contribution in [3.63, 3.8) is 0 Å². The van der Waals surface area contributed by atoms with Gasteiger partial charge in [0.15, 0.2) is 0 Å². The number of carbonyl (C=O) groups excluding carboxylic acids is 1. The number of rotatable bonds is 2. The summed E-state index contributed by atoms with van der Waals surface area (Å²) in [7, 11) is 2.19. The van der Waals surface area contributed by atoms with Gasteiger partial charge in [0.2, 0.25) is 6.41 Å². The van der Waals surface area contributed by atoms with E-state index in [2.05, 4.69) is 53.2 Å². The lowest BCUT2D eigenvalue weighted by Crippen LogP contribution is -2.39. The molecule has 26 heavy (non-hydrogen) atoms. The number of hydrogen-bond donors (Lipinski definition) is 0. The van der Waals surface area contributed by atoms with Crippen LogP contribution in [0.1, 0.15) is 30.0 Å². The van der Waals surface area contributed by atoms with Crippen molar-refractivity contribution < 1.29 is 4.79 Å². The fourth-order valence-electron chi connectivity index (χ4n) is 5.12. The van der Waals surface area contributed by atoms with E-state index in [9.17, 15) is 4.79 Å². The van der Waals surface area contributed by atoms with E-state index in [-0.39, 0.29) is 6.04 Å². The lowest BCUT2D eigenvalue weighted by Gasteiger charge is -2.39. The second-order valence-corrected chi connectivity index (χ2v) is 7.84. The molecule has 2 aromatic rings. The van der Waals surface area contributed by atoms with Crippen LogP contribution in [0.3, 0.4) is 0 Å². The standard InChI is InChI=1S/C22H25N3O/c1-23-12-9-17(10-13-23)22-18-6-4-5-16-11-14-24(21(16)18)19-7-2-3-8-20(19)25(22)15-26/h2-8,15,17,22H,9-14H2,1H3. The van der Waals surface area contributed by atoms with Crippen molar-refractivity contribution in [3.05, 3.63) is 53.6 Å². The van der Waals surface area contributed by atoms with Crippen LogP contribution in [0.5, 0.6) is 0 Å². The van der Waals surface area contributed by atoms with Crippen LogP contribution in [-0.2, 0) is 11.2 Å². The summed E-state index contributed by atoms with van der Waals surface area (Å²) in [6.07, 6.45) is 4.41. The fourth-order valence-corrected chi connectivity index (χ4v) is 5.12. The van der Waals surface area contributed by atoms with Crippen molar-refractivity contribution in [2.24, 2.45) is 5.92 Å². The molecule has 4 nitrogen and oxygen atoms in total. The molecular weight excluding hydrogens is 322 g/mol. The van der Waals surface area contributed by atoms with Gasteiger partial charge >= 0.3 is 0 Å². The summed E-state index contributed by atoms with van der Waals surface area (Å²) in [6.45, 7) is 3.21. The van der Waals surface area contributed by atoms with Crippen LogP contribution in [-0.4, -0.2) is 38.0 Å². The minimum atomic E-state index is 0.125. The molecule has 1 atom stereocenters. The Morgan fingerprint density at radius 3 is 2.50 bits per heavy atom. The predicted octanol–water partition coefficient (Wildman–Crippen LogP) is 3.74. The van der Waals surface area contributed by atoms with Gasteiger partial charge in [-0.05, 0) is 68.6 Å². The maximum absolute atomic E-state index is 12.3. The van der Waals surface area contributed by atoms with Crippen molar-refractivity contribution in [3.8, 4) is 0 Å². The van der Waals surface area contributed by atoms with Crippen LogP contribution >= 0.6 is 0 Å². The molecule has 1 saturated heterocycles. The predicted molar refractivity (Wildman–Crippen MR) is 105 cm³/mol. The average Bonchev–Trinajstić information content (AvgIpc) is 3.06. The molecule has 134 valence electrons. The van der Waals surface area contributed by atoms with Gasteiger partial charge in [-0.15, -0.1) is 0 Å². The number of carbonyl (C=O) groups is 1. The van der Waals surface area contributed by atoms with Gasteiger partial charge in [-0.1, -0.05) is 30.3 Å². The van der Waals surface area contributed by atoms with Crippen LogP contribution in [0, 0.1) is 5.92 Å². The molecule has 2 aromatic carbocycles. The number of likely N-dealkylation sites (tertiary alicyclic amines) is 1. The first-order valence-corrected chi connectivity index (χ1v) is 9.68. The molecule has 0 aliphatic carbocycles. The zero-order chi connectivity index (χ0) is 17.7. The third kappa shape index (κ3) is 2.28. The summed E-state index contributed by atoms with van der Waals surface area (Å²) in [6, 6.07) is 15.2. The number of anilines is 3. The van der Waals surface area contributed by atoms with Crippen LogP contribution in [0.25, 0.3) is 0 Å². The van der Waals surface area contributed by atoms with E-state index in [1.165, 1.54) is 22.5 Å². The quantitative estimate of drug-likeness (QED) is 0.775. The summed E-state index contributed by atoms with van der Waals surface area (Å²) < 4.78 is 0. The van der Waals surface area contributed by atoms with Gasteiger partial charge in [0.25, 0.3) is 0 Å². The molecule has 0 aromatic heterocycles. The van der Waals surface area contributed by atoms with E-state index in [0.29, 0.717) is 5.92 Å². The molecule has 0 radical (unpaired) electrons. The first-order valence-electron chi connectivity index (χ1n) is 9.68. The number of hydrogen-bond acceptors (Lipinski definition) is 3. The van der Waals surface area contributed by atoms with Gasteiger partial charge in [0.1, 0.15) is 0 Å². The van der Waals surface area contributed by atoms with Gasteiger partial charge in [0, 0.05) is 12.2 Å². The zero-order valence-corrected chi connectivity index (χ0v) is 15.3. The Labute approximate surface area is 155 Å². The zero-order valence-electron chi connectivity index (χ0n) is 15.3. The third-order valence-electron chi connectivity index (χ3n) is 6.42. The minimum Gasteiger partial charge on any atom is -0.339 e. The molecular formula is C22H25N3O. The van der Waals surface area contributed by atoms with Crippen molar-refractivity contribution >= 4 is 23.5 Å². The highest BCUT2D eigenvalue weighted by molar-refractivity contribution is 5.92. The van der Waals surface area contributed by atoms with E-state index < -0.39 is 0 Å². The summed E-state index contributed by atoms with van der Waals surface area (Å²) in [5, 5.41) is 0. The Bertz CT molecular complexity index is 841. The summed E-state index contributed by atoms with van der Waals surface area (Å²) in [5.41, 5.74) is 6.32. The Balaban J connectivity index is 1.72. The largest absolute Gasteiger partial charge is 0.339 e. The summed E-state index contributed by atoms with van der Waals surface area (Å²) >= 11 is 0. The van der Waals surface area contributed by atoms with Crippen LogP contribution in [0.2, 0.25) is 0 Å². The van der Waals surface area contributed by atoms with Crippen LogP contribution in [0.4, 0.5) is 17.1 Å². The van der Waals surface area contributed by atoms with Gasteiger partial charge in [0.05, 0.1) is 17.4 Å². The third-order valence-corrected chi connectivity index (χ3v) is 6.42. The SMILES string of the molecule is CN1CCC(C2c3cccc4c3N(CC4)c3ccccc3N2C=O)CC1. The van der Waals surface area contributed by atoms with E-state index in [1.807, 2.05) is 11.0 Å². The Morgan fingerprint density at radius 2 is 1.73 bits per heavy atom. The smallest absolute Gasteiger partial charge is 0.214 e. The van der Waals surface area contributed by atoms with Gasteiger partial charge in [-0.3, -0.25) is 4.79 Å². The molecule has 3 aliphatic heterocycles. The molecule has 1 unspecified atom stereocenters. The summed E-state index contributed by atoms with van der Waals surface area (Å²) in [5.74, 6) is 0.497. The molecule has 0 N–H and O–H groups in total.